The van der Waals surface area contributed by atoms with E-state index in [0.717, 1.165) is 0 Å². The summed E-state index contributed by atoms with van der Waals surface area (Å²) in [5.74, 6) is -1.22. The van der Waals surface area contributed by atoms with Gasteiger partial charge in [0.05, 0.1) is 10.5 Å². The lowest BCUT2D eigenvalue weighted by molar-refractivity contribution is -0.123. The number of benzene rings is 1. The maximum absolute atomic E-state index is 12.2. The van der Waals surface area contributed by atoms with Crippen LogP contribution in [0.4, 0.5) is 5.69 Å². The van der Waals surface area contributed by atoms with Crippen LogP contribution in [-0.4, -0.2) is 37.6 Å². The molecule has 0 spiro atoms. The van der Waals surface area contributed by atoms with Crippen LogP contribution in [0.25, 0.3) is 0 Å². The molecule has 0 radical (unpaired) electrons. The van der Waals surface area contributed by atoms with E-state index in [1.807, 2.05) is 0 Å². The Kier molecular flexibility index (Phi) is 6.35. The zero-order chi connectivity index (χ0) is 19.3. The van der Waals surface area contributed by atoms with Gasteiger partial charge in [0.15, 0.2) is 6.10 Å². The van der Waals surface area contributed by atoms with Crippen molar-refractivity contribution in [1.82, 2.24) is 4.98 Å². The maximum Gasteiger partial charge on any atom is 0.341 e. The number of carbonyl (C=O) groups is 2. The first kappa shape index (κ1) is 19.9. The van der Waals surface area contributed by atoms with Crippen LogP contribution >= 0.6 is 11.8 Å². The van der Waals surface area contributed by atoms with Crippen molar-refractivity contribution in [2.24, 2.45) is 5.14 Å². The molecule has 0 saturated carbocycles. The van der Waals surface area contributed by atoms with Gasteiger partial charge < -0.3 is 10.1 Å². The zero-order valence-corrected chi connectivity index (χ0v) is 15.6. The van der Waals surface area contributed by atoms with E-state index >= 15 is 0 Å². The van der Waals surface area contributed by atoms with Crippen LogP contribution in [0.5, 0.6) is 0 Å². The third-order valence-electron chi connectivity index (χ3n) is 3.29. The number of primary sulfonamides is 1. The second kappa shape index (κ2) is 8.30. The van der Waals surface area contributed by atoms with Gasteiger partial charge in [0.25, 0.3) is 5.91 Å². The SMILES string of the molecule is CSc1ncccc1C(=O)OC(C)C(=O)Nc1ccc(S(N)(=O)=O)cc1. The number of carbonyl (C=O) groups excluding carboxylic acids is 2. The Bertz CT molecular complexity index is 914. The number of sulfonamides is 1. The van der Waals surface area contributed by atoms with Gasteiger partial charge in [-0.15, -0.1) is 11.8 Å². The third-order valence-corrected chi connectivity index (χ3v) is 4.93. The molecule has 0 aliphatic heterocycles. The summed E-state index contributed by atoms with van der Waals surface area (Å²) >= 11 is 1.29. The van der Waals surface area contributed by atoms with E-state index in [-0.39, 0.29) is 10.5 Å². The van der Waals surface area contributed by atoms with Crippen LogP contribution in [-0.2, 0) is 19.6 Å². The fourth-order valence-electron chi connectivity index (χ4n) is 1.96. The summed E-state index contributed by atoms with van der Waals surface area (Å²) in [4.78, 5) is 28.4. The number of esters is 1. The Balaban J connectivity index is 2.02. The molecular formula is C16H17N3O5S2. The molecule has 1 atom stereocenters. The molecule has 138 valence electrons. The number of thioether (sulfide) groups is 1. The lowest BCUT2D eigenvalue weighted by Crippen LogP contribution is -2.30. The third kappa shape index (κ3) is 5.04. The van der Waals surface area contributed by atoms with Gasteiger partial charge in [0, 0.05) is 11.9 Å². The predicted molar refractivity (Wildman–Crippen MR) is 97.3 cm³/mol. The van der Waals surface area contributed by atoms with Crippen molar-refractivity contribution in [1.29, 1.82) is 0 Å². The van der Waals surface area contributed by atoms with E-state index in [9.17, 15) is 18.0 Å². The first-order valence-corrected chi connectivity index (χ1v) is 10.1. The molecule has 1 unspecified atom stereocenters. The summed E-state index contributed by atoms with van der Waals surface area (Å²) in [5.41, 5.74) is 0.619. The number of rotatable bonds is 6. The van der Waals surface area contributed by atoms with E-state index in [0.29, 0.717) is 10.7 Å². The molecule has 1 aromatic heterocycles. The lowest BCUT2D eigenvalue weighted by atomic mass is 10.2. The van der Waals surface area contributed by atoms with Crippen LogP contribution < -0.4 is 10.5 Å². The molecule has 10 heteroatoms. The molecule has 8 nitrogen and oxygen atoms in total. The van der Waals surface area contributed by atoms with Crippen molar-refractivity contribution in [3.63, 3.8) is 0 Å². The Labute approximate surface area is 155 Å². The van der Waals surface area contributed by atoms with Crippen molar-refractivity contribution in [2.45, 2.75) is 22.9 Å². The Morgan fingerprint density at radius 3 is 2.46 bits per heavy atom. The van der Waals surface area contributed by atoms with Gasteiger partial charge in [-0.05, 0) is 49.6 Å². The Hall–Kier alpha value is -2.43. The summed E-state index contributed by atoms with van der Waals surface area (Å²) in [7, 11) is -3.81. The van der Waals surface area contributed by atoms with E-state index in [2.05, 4.69) is 10.3 Å². The minimum Gasteiger partial charge on any atom is -0.449 e. The monoisotopic (exact) mass is 395 g/mol. The number of hydrogen-bond donors (Lipinski definition) is 2. The standard InChI is InChI=1S/C16H17N3O5S2/c1-10(24-16(21)13-4-3-9-18-15(13)25-2)14(20)19-11-5-7-12(8-6-11)26(17,22)23/h3-10H,1-2H3,(H,19,20)(H2,17,22,23). The summed E-state index contributed by atoms with van der Waals surface area (Å²) in [6, 6.07) is 8.48. The molecule has 1 heterocycles. The van der Waals surface area contributed by atoms with Crippen molar-refractivity contribution >= 4 is 39.3 Å². The fourth-order valence-corrected chi connectivity index (χ4v) is 3.01. The summed E-state index contributed by atoms with van der Waals surface area (Å²) < 4.78 is 27.6. The quantitative estimate of drug-likeness (QED) is 0.562. The Morgan fingerprint density at radius 2 is 1.88 bits per heavy atom. The second-order valence-corrected chi connectivity index (χ2v) is 7.52. The molecule has 3 N–H and O–H groups in total. The van der Waals surface area contributed by atoms with E-state index in [1.165, 1.54) is 43.0 Å². The van der Waals surface area contributed by atoms with E-state index in [4.69, 9.17) is 9.88 Å². The van der Waals surface area contributed by atoms with E-state index in [1.54, 1.807) is 24.6 Å². The molecular weight excluding hydrogens is 378 g/mol. The van der Waals surface area contributed by atoms with Gasteiger partial charge in [-0.3, -0.25) is 4.79 Å². The molecule has 0 saturated heterocycles. The van der Waals surface area contributed by atoms with Crippen molar-refractivity contribution in [2.75, 3.05) is 11.6 Å². The first-order chi connectivity index (χ1) is 12.2. The average Bonchev–Trinajstić information content (AvgIpc) is 2.61. The predicted octanol–water partition coefficient (Wildman–Crippen LogP) is 1.63. The smallest absolute Gasteiger partial charge is 0.341 e. The minimum atomic E-state index is -3.81. The Morgan fingerprint density at radius 1 is 1.23 bits per heavy atom. The van der Waals surface area contributed by atoms with Gasteiger partial charge in [-0.2, -0.15) is 0 Å². The highest BCUT2D eigenvalue weighted by Crippen LogP contribution is 2.19. The number of aromatic nitrogens is 1. The number of hydrogen-bond acceptors (Lipinski definition) is 7. The number of amides is 1. The highest BCUT2D eigenvalue weighted by atomic mass is 32.2. The van der Waals surface area contributed by atoms with E-state index < -0.39 is 28.0 Å². The molecule has 2 rings (SSSR count). The molecule has 0 bridgehead atoms. The number of ether oxygens (including phenoxy) is 1. The second-order valence-electron chi connectivity index (χ2n) is 5.17. The molecule has 0 fully saturated rings. The zero-order valence-electron chi connectivity index (χ0n) is 14.0. The minimum absolute atomic E-state index is 0.0730. The summed E-state index contributed by atoms with van der Waals surface area (Å²) in [6.45, 7) is 1.43. The summed E-state index contributed by atoms with van der Waals surface area (Å²) in [6.07, 6.45) is 2.28. The van der Waals surface area contributed by atoms with Gasteiger partial charge >= 0.3 is 5.97 Å². The maximum atomic E-state index is 12.2. The number of pyridine rings is 1. The van der Waals surface area contributed by atoms with Crippen molar-refractivity contribution in [3.8, 4) is 0 Å². The number of nitrogens with one attached hydrogen (secondary N) is 1. The topological polar surface area (TPSA) is 128 Å². The number of anilines is 1. The summed E-state index contributed by atoms with van der Waals surface area (Å²) in [5, 5.41) is 8.05. The van der Waals surface area contributed by atoms with Gasteiger partial charge in [0.2, 0.25) is 10.0 Å². The van der Waals surface area contributed by atoms with Crippen LogP contribution in [0.15, 0.2) is 52.5 Å². The molecule has 26 heavy (non-hydrogen) atoms. The number of nitrogens with zero attached hydrogens (tertiary/aromatic N) is 1. The highest BCUT2D eigenvalue weighted by molar-refractivity contribution is 7.98. The normalized spacial score (nSPS) is 12.3. The first-order valence-electron chi connectivity index (χ1n) is 7.36. The van der Waals surface area contributed by atoms with Gasteiger partial charge in [0.1, 0.15) is 5.03 Å². The molecule has 2 aromatic rings. The average molecular weight is 395 g/mol. The van der Waals surface area contributed by atoms with Crippen LogP contribution in [0.2, 0.25) is 0 Å². The highest BCUT2D eigenvalue weighted by Gasteiger charge is 2.21. The molecule has 0 aliphatic rings. The van der Waals surface area contributed by atoms with Crippen LogP contribution in [0.3, 0.4) is 0 Å². The lowest BCUT2D eigenvalue weighted by Gasteiger charge is -2.14. The fraction of sp³-hybridized carbons (Fsp3) is 0.188. The van der Waals surface area contributed by atoms with Gasteiger partial charge in [-0.1, -0.05) is 0 Å². The number of nitrogens with two attached hydrogens (primary N) is 1. The van der Waals surface area contributed by atoms with Crippen molar-refractivity contribution in [3.05, 3.63) is 48.2 Å². The molecule has 1 amide bonds. The van der Waals surface area contributed by atoms with Crippen LogP contribution in [0.1, 0.15) is 17.3 Å². The molecule has 1 aromatic carbocycles. The largest absolute Gasteiger partial charge is 0.449 e. The van der Waals surface area contributed by atoms with Crippen molar-refractivity contribution < 1.29 is 22.7 Å². The van der Waals surface area contributed by atoms with Gasteiger partial charge in [-0.25, -0.2) is 23.3 Å². The van der Waals surface area contributed by atoms with Crippen LogP contribution in [0, 0.1) is 0 Å². The molecule has 0 aliphatic carbocycles.